The Bertz CT molecular complexity index is 2540. The van der Waals surface area contributed by atoms with Crippen molar-refractivity contribution in [2.45, 2.75) is 98.1 Å². The maximum atomic E-state index is 15.3. The summed E-state index contributed by atoms with van der Waals surface area (Å²) in [7, 11) is 0. The maximum Gasteiger partial charge on any atom is 0.408 e. The predicted octanol–water partition coefficient (Wildman–Crippen LogP) is 3.93. The van der Waals surface area contributed by atoms with Crippen molar-refractivity contribution in [3.63, 3.8) is 0 Å². The number of halogens is 2. The van der Waals surface area contributed by atoms with Crippen molar-refractivity contribution in [2.75, 3.05) is 32.8 Å². The van der Waals surface area contributed by atoms with Gasteiger partial charge in [-0.3, -0.25) is 33.6 Å². The van der Waals surface area contributed by atoms with E-state index in [0.29, 0.717) is 11.3 Å². The van der Waals surface area contributed by atoms with Gasteiger partial charge < -0.3 is 56.3 Å². The number of nitrogens with one attached hydrogen (secondary N) is 6. The number of rotatable bonds is 26. The Hall–Kier alpha value is -7.68. The van der Waals surface area contributed by atoms with E-state index < -0.39 is 114 Å². The average molecular weight is 1020 g/mol. The van der Waals surface area contributed by atoms with Crippen LogP contribution in [0.1, 0.15) is 83.7 Å². The summed E-state index contributed by atoms with van der Waals surface area (Å²) >= 11 is 0. The van der Waals surface area contributed by atoms with Crippen LogP contribution in [0.15, 0.2) is 91.1 Å². The maximum absolute atomic E-state index is 15.3. The molecule has 19 nitrogen and oxygen atoms in total. The van der Waals surface area contributed by atoms with Gasteiger partial charge in [-0.25, -0.2) is 13.6 Å². The Morgan fingerprint density at radius 3 is 2.00 bits per heavy atom. The molecule has 4 atom stereocenters. The van der Waals surface area contributed by atoms with E-state index in [1.54, 1.807) is 61.0 Å². The van der Waals surface area contributed by atoms with E-state index in [1.807, 2.05) is 51.1 Å². The second kappa shape index (κ2) is 27.8. The Labute approximate surface area is 422 Å². The minimum atomic E-state index is -1.43. The number of aliphatic hydroxyl groups excluding tert-OH is 1. The zero-order chi connectivity index (χ0) is 53.8. The van der Waals surface area contributed by atoms with E-state index in [2.05, 4.69) is 31.9 Å². The lowest BCUT2D eigenvalue weighted by atomic mass is 9.82. The van der Waals surface area contributed by atoms with Crippen molar-refractivity contribution in [3.8, 4) is 11.1 Å². The third-order valence-electron chi connectivity index (χ3n) is 11.5. The Morgan fingerprint density at radius 2 is 1.38 bits per heavy atom. The molecule has 0 saturated heterocycles. The molecular formula is C52H66F2N8O11. The van der Waals surface area contributed by atoms with Crippen LogP contribution in [0.5, 0.6) is 0 Å². The number of hydrogen-bond donors (Lipinski definition) is 8. The summed E-state index contributed by atoms with van der Waals surface area (Å²) in [4.78, 5) is 105. The number of carbonyl (C=O) groups is 8. The summed E-state index contributed by atoms with van der Waals surface area (Å²) in [6, 6.07) is 18.1. The van der Waals surface area contributed by atoms with E-state index in [-0.39, 0.29) is 51.2 Å². The van der Waals surface area contributed by atoms with Gasteiger partial charge in [0.25, 0.3) is 0 Å². The molecule has 8 N–H and O–H groups in total. The Kier molecular flexibility index (Phi) is 22.0. The second-order valence-corrected chi connectivity index (χ2v) is 18.7. The molecule has 394 valence electrons. The first-order valence-electron chi connectivity index (χ1n) is 23.8. The third-order valence-corrected chi connectivity index (χ3v) is 11.5. The number of alkyl carbamates (subject to hydrolysis) is 1. The molecule has 0 fully saturated rings. The van der Waals surface area contributed by atoms with E-state index in [4.69, 9.17) is 9.84 Å². The molecule has 0 unspecified atom stereocenters. The molecule has 3 aromatic carbocycles. The van der Waals surface area contributed by atoms with Gasteiger partial charge in [0.15, 0.2) is 0 Å². The van der Waals surface area contributed by atoms with Gasteiger partial charge in [-0.05, 0) is 60.1 Å². The molecule has 4 rings (SSSR count). The number of aliphatic carboxylic acids is 1. The lowest BCUT2D eigenvalue weighted by Crippen LogP contribution is -2.57. The number of aromatic nitrogens is 1. The van der Waals surface area contributed by atoms with Crippen molar-refractivity contribution < 1.29 is 62.1 Å². The number of carbonyl (C=O) groups excluding carboxylic acids is 7. The van der Waals surface area contributed by atoms with Crippen LogP contribution >= 0.6 is 0 Å². The summed E-state index contributed by atoms with van der Waals surface area (Å²) in [6.45, 7) is 8.38. The SMILES string of the molecule is CC(C)[C@H](NC(=O)OCc1ccccc1)C(=O)N[C@@H](C)C(=O)N[C@@H](CCN(C(=O)CO)[C@@H](c1cc(-c2cc(F)ccc2F)cn1Cc1ccccc1)C(C)(C)C)C(=O)NCCNC(=O)CNC(=O)CCC(=O)O. The lowest BCUT2D eigenvalue weighted by molar-refractivity contribution is -0.140. The molecule has 0 radical (unpaired) electrons. The fourth-order valence-electron chi connectivity index (χ4n) is 7.79. The van der Waals surface area contributed by atoms with Gasteiger partial charge in [0.1, 0.15) is 43.0 Å². The number of ether oxygens (including phenoxy) is 1. The van der Waals surface area contributed by atoms with Crippen LogP contribution in [0.25, 0.3) is 11.1 Å². The smallest absolute Gasteiger partial charge is 0.408 e. The van der Waals surface area contributed by atoms with Crippen molar-refractivity contribution in [1.82, 2.24) is 41.4 Å². The summed E-state index contributed by atoms with van der Waals surface area (Å²) in [5.41, 5.74) is 1.48. The van der Waals surface area contributed by atoms with E-state index in [9.17, 15) is 47.9 Å². The number of carboxylic acid groups (broad SMARTS) is 1. The van der Waals surface area contributed by atoms with Crippen LogP contribution in [-0.2, 0) is 51.5 Å². The fourth-order valence-corrected chi connectivity index (χ4v) is 7.79. The minimum absolute atomic E-state index is 0.0309. The van der Waals surface area contributed by atoms with Crippen LogP contribution in [0.4, 0.5) is 13.6 Å². The van der Waals surface area contributed by atoms with E-state index in [1.165, 1.54) is 11.8 Å². The van der Waals surface area contributed by atoms with Gasteiger partial charge in [0.2, 0.25) is 35.4 Å². The third kappa shape index (κ3) is 18.5. The van der Waals surface area contributed by atoms with Crippen LogP contribution in [0, 0.1) is 23.0 Å². The molecule has 0 aliphatic rings. The van der Waals surface area contributed by atoms with E-state index >= 15 is 4.39 Å². The van der Waals surface area contributed by atoms with Gasteiger partial charge in [-0.2, -0.15) is 0 Å². The van der Waals surface area contributed by atoms with E-state index in [0.717, 1.165) is 29.3 Å². The lowest BCUT2D eigenvalue weighted by Gasteiger charge is -2.41. The first-order chi connectivity index (χ1) is 34.6. The van der Waals surface area contributed by atoms with Crippen LogP contribution < -0.4 is 31.9 Å². The Balaban J connectivity index is 1.61. The number of benzene rings is 3. The van der Waals surface area contributed by atoms with Gasteiger partial charge in [-0.1, -0.05) is 95.3 Å². The highest BCUT2D eigenvalue weighted by Gasteiger charge is 2.38. The number of carboxylic acids is 1. The predicted molar refractivity (Wildman–Crippen MR) is 265 cm³/mol. The number of hydrogen-bond acceptors (Lipinski definition) is 10. The van der Waals surface area contributed by atoms with Gasteiger partial charge >= 0.3 is 12.1 Å². The topological polar surface area (TPSA) is 267 Å². The number of aliphatic hydroxyl groups is 1. The summed E-state index contributed by atoms with van der Waals surface area (Å²) in [5.74, 6) is -7.39. The first kappa shape index (κ1) is 57.9. The number of amides is 7. The van der Waals surface area contributed by atoms with Crippen molar-refractivity contribution >= 4 is 47.5 Å². The molecule has 73 heavy (non-hydrogen) atoms. The van der Waals surface area contributed by atoms with Gasteiger partial charge in [0.05, 0.1) is 19.0 Å². The highest BCUT2D eigenvalue weighted by molar-refractivity contribution is 5.94. The molecule has 0 bridgehead atoms. The molecule has 0 saturated carbocycles. The van der Waals surface area contributed by atoms with Crippen LogP contribution in [0.2, 0.25) is 0 Å². The second-order valence-electron chi connectivity index (χ2n) is 18.7. The zero-order valence-electron chi connectivity index (χ0n) is 41.8. The highest BCUT2D eigenvalue weighted by atomic mass is 19.1. The molecule has 1 heterocycles. The quantitative estimate of drug-likeness (QED) is 0.0418. The number of nitrogens with zero attached hydrogens (tertiary/aromatic N) is 2. The molecular weight excluding hydrogens is 951 g/mol. The van der Waals surface area contributed by atoms with Crippen LogP contribution in [-0.4, -0.2) is 118 Å². The van der Waals surface area contributed by atoms with Crippen molar-refractivity contribution in [2.24, 2.45) is 11.3 Å². The molecule has 0 aliphatic carbocycles. The zero-order valence-corrected chi connectivity index (χ0v) is 41.8. The van der Waals surface area contributed by atoms with Gasteiger partial charge in [0, 0.05) is 55.6 Å². The molecule has 4 aromatic rings. The summed E-state index contributed by atoms with van der Waals surface area (Å²) in [5, 5.41) is 34.4. The van der Waals surface area contributed by atoms with Crippen LogP contribution in [0.3, 0.4) is 0 Å². The Morgan fingerprint density at radius 1 is 0.740 bits per heavy atom. The summed E-state index contributed by atoms with van der Waals surface area (Å²) in [6.07, 6.45) is -0.261. The monoisotopic (exact) mass is 1020 g/mol. The first-order valence-corrected chi connectivity index (χ1v) is 23.8. The normalized spacial score (nSPS) is 12.8. The minimum Gasteiger partial charge on any atom is -0.481 e. The molecule has 7 amide bonds. The molecule has 21 heteroatoms. The molecule has 0 aliphatic heterocycles. The summed E-state index contributed by atoms with van der Waals surface area (Å²) < 4.78 is 37.0. The fraction of sp³-hybridized carbons (Fsp3) is 0.423. The van der Waals surface area contributed by atoms with Crippen molar-refractivity contribution in [3.05, 3.63) is 120 Å². The van der Waals surface area contributed by atoms with Crippen molar-refractivity contribution in [1.29, 1.82) is 0 Å². The average Bonchev–Trinajstić information content (AvgIpc) is 3.75. The molecule has 0 spiro atoms. The standard InChI is InChI=1S/C52H66F2N8O11/c1-32(2)46(60-51(72)73-31-35-15-11-8-12-16-35)50(71)58-33(3)48(69)59-40(49(70)56-23-22-55-43(65)27-57-42(64)19-20-45(67)68)21-24-62(44(66)30-63)47(52(4,5)6)41-25-36(38-26-37(53)17-18-39(38)54)29-61(41)28-34-13-9-7-10-14-34/h7-18,25-26,29,32-33,40,46-47,63H,19-24,27-28,30-31H2,1-6H3,(H,55,65)(H,56,70)(H,57,64)(H,58,71)(H,59,69)(H,60,72)(H,67,68)/t33-,40-,46-,47-/m0/s1. The highest BCUT2D eigenvalue weighted by Crippen LogP contribution is 2.41. The molecule has 1 aromatic heterocycles. The largest absolute Gasteiger partial charge is 0.481 e. The van der Waals surface area contributed by atoms with Gasteiger partial charge in [-0.15, -0.1) is 0 Å².